The molecule has 1 unspecified atom stereocenters. The molecule has 0 saturated carbocycles. The summed E-state index contributed by atoms with van der Waals surface area (Å²) in [7, 11) is -1.76. The van der Waals surface area contributed by atoms with Crippen molar-refractivity contribution < 1.29 is 58.9 Å². The number of halogens is 3. The normalized spacial score (nSPS) is 14.0. The van der Waals surface area contributed by atoms with Gasteiger partial charge in [-0.15, -0.1) is 6.42 Å². The molecule has 0 radical (unpaired) electrons. The maximum absolute atomic E-state index is 3.80. The SMILES string of the molecule is CCCC[Si](C)(C1=[C-]CC=C1Cc1ccccc1)c1cc(C)cc(C)c1.[Cl-].[Cl-].[Cl-].[Ti+4]. The second-order valence-electron chi connectivity index (χ2n) is 7.96. The van der Waals surface area contributed by atoms with Crippen molar-refractivity contribution in [3.63, 3.8) is 0 Å². The maximum atomic E-state index is 3.80. The molecule has 2 aromatic carbocycles. The van der Waals surface area contributed by atoms with E-state index in [0.717, 1.165) is 12.8 Å². The van der Waals surface area contributed by atoms with Crippen LogP contribution < -0.4 is 42.4 Å². The second kappa shape index (κ2) is 14.7. The van der Waals surface area contributed by atoms with Crippen molar-refractivity contribution in [2.45, 2.75) is 59.0 Å². The van der Waals surface area contributed by atoms with Gasteiger partial charge in [-0.3, -0.25) is 6.08 Å². The van der Waals surface area contributed by atoms with Crippen LogP contribution in [0.25, 0.3) is 0 Å². The molecule has 0 aromatic heterocycles. The van der Waals surface area contributed by atoms with Crippen molar-refractivity contribution in [2.24, 2.45) is 0 Å². The van der Waals surface area contributed by atoms with Gasteiger partial charge in [-0.25, -0.2) is 5.20 Å². The Morgan fingerprint density at radius 2 is 1.53 bits per heavy atom. The van der Waals surface area contributed by atoms with Gasteiger partial charge in [0.25, 0.3) is 0 Å². The summed E-state index contributed by atoms with van der Waals surface area (Å²) in [5.41, 5.74) is 5.72. The van der Waals surface area contributed by atoms with Gasteiger partial charge >= 0.3 is 21.7 Å². The summed E-state index contributed by atoms with van der Waals surface area (Å²) in [6.45, 7) is 9.35. The molecule has 1 atom stereocenters. The Morgan fingerprint density at radius 3 is 2.10 bits per heavy atom. The third-order valence-corrected chi connectivity index (χ3v) is 10.1. The van der Waals surface area contributed by atoms with Crippen LogP contribution in [0, 0.1) is 19.9 Å². The number of hydrogen-bond donors (Lipinski definition) is 0. The first-order valence-electron chi connectivity index (χ1n) is 9.96. The zero-order chi connectivity index (χ0) is 18.6. The van der Waals surface area contributed by atoms with Gasteiger partial charge in [0.05, 0.1) is 8.07 Å². The van der Waals surface area contributed by atoms with E-state index >= 15 is 0 Å². The third kappa shape index (κ3) is 7.69. The largest absolute Gasteiger partial charge is 4.00 e. The summed E-state index contributed by atoms with van der Waals surface area (Å²) in [4.78, 5) is 0. The Bertz CT molecular complexity index is 813. The number of benzene rings is 2. The number of allylic oxidation sites excluding steroid dienone is 4. The van der Waals surface area contributed by atoms with Crippen LogP contribution in [0.1, 0.15) is 42.9 Å². The molecule has 0 N–H and O–H groups in total. The first kappa shape index (κ1) is 31.9. The van der Waals surface area contributed by atoms with Gasteiger partial charge in [0.1, 0.15) is 0 Å². The molecule has 0 spiro atoms. The van der Waals surface area contributed by atoms with Gasteiger partial charge in [-0.2, -0.15) is 11.6 Å². The molecule has 2 aromatic rings. The number of unbranched alkanes of at least 4 members (excludes halogenated alkanes) is 1. The Balaban J connectivity index is 0. The molecule has 0 nitrogen and oxygen atoms in total. The van der Waals surface area contributed by atoms with E-state index in [-0.39, 0.29) is 58.9 Å². The first-order valence-corrected chi connectivity index (χ1v) is 12.7. The quantitative estimate of drug-likeness (QED) is 0.278. The van der Waals surface area contributed by atoms with Gasteiger partial charge in [0.15, 0.2) is 0 Å². The summed E-state index contributed by atoms with van der Waals surface area (Å²) < 4.78 is 0. The minimum Gasteiger partial charge on any atom is -1.00 e. The Morgan fingerprint density at radius 1 is 0.933 bits per heavy atom. The molecule has 0 saturated heterocycles. The standard InChI is InChI=1S/C25H31Si.3ClH.Ti/c1-5-6-15-26(4,24-17-20(2)16-21(3)18-24)25-14-10-13-23(25)19-22-11-8-7-9-12-22;;;;/h7-9,11-13,16-18H,5-6,10,15,19H2,1-4H3;3*1H;/q-1;;;;+4/p-3. The van der Waals surface area contributed by atoms with Crippen LogP contribution in [0.2, 0.25) is 12.6 Å². The number of hydrogen-bond acceptors (Lipinski definition) is 0. The van der Waals surface area contributed by atoms with Crippen molar-refractivity contribution in [3.8, 4) is 0 Å². The van der Waals surface area contributed by atoms with Gasteiger partial charge in [0, 0.05) is 0 Å². The van der Waals surface area contributed by atoms with Gasteiger partial charge in [0.2, 0.25) is 0 Å². The van der Waals surface area contributed by atoms with E-state index in [2.05, 4.69) is 88.0 Å². The van der Waals surface area contributed by atoms with E-state index in [1.54, 1.807) is 10.4 Å². The molecule has 30 heavy (non-hydrogen) atoms. The van der Waals surface area contributed by atoms with E-state index in [1.165, 1.54) is 41.1 Å². The summed E-state index contributed by atoms with van der Waals surface area (Å²) in [6, 6.07) is 19.4. The molecule has 0 bridgehead atoms. The van der Waals surface area contributed by atoms with Crippen LogP contribution in [0.5, 0.6) is 0 Å². The van der Waals surface area contributed by atoms with Gasteiger partial charge in [-0.05, 0) is 13.8 Å². The van der Waals surface area contributed by atoms with Crippen molar-refractivity contribution in [1.29, 1.82) is 0 Å². The van der Waals surface area contributed by atoms with Crippen molar-refractivity contribution in [3.05, 3.63) is 88.1 Å². The van der Waals surface area contributed by atoms with Crippen LogP contribution in [-0.2, 0) is 28.1 Å². The van der Waals surface area contributed by atoms with Crippen LogP contribution in [0.15, 0.2) is 65.4 Å². The molecule has 1 aliphatic carbocycles. The van der Waals surface area contributed by atoms with Crippen LogP contribution in [0.4, 0.5) is 0 Å². The maximum Gasteiger partial charge on any atom is 4.00 e. The molecule has 0 aliphatic heterocycles. The van der Waals surface area contributed by atoms with Gasteiger partial charge < -0.3 is 37.2 Å². The predicted octanol–water partition coefficient (Wildman–Crippen LogP) is -2.76. The molecule has 0 heterocycles. The monoisotopic (exact) mass is 512 g/mol. The van der Waals surface area contributed by atoms with E-state index in [4.69, 9.17) is 0 Å². The Kier molecular flexibility index (Phi) is 15.7. The number of aryl methyl sites for hydroxylation is 2. The van der Waals surface area contributed by atoms with E-state index < -0.39 is 8.07 Å². The molecule has 0 fully saturated rings. The van der Waals surface area contributed by atoms with E-state index in [0.29, 0.717) is 0 Å². The van der Waals surface area contributed by atoms with Crippen molar-refractivity contribution in [1.82, 2.24) is 0 Å². The molecule has 0 amide bonds. The first-order chi connectivity index (χ1) is 12.5. The van der Waals surface area contributed by atoms with E-state index in [9.17, 15) is 0 Å². The zero-order valence-electron chi connectivity index (χ0n) is 18.4. The minimum absolute atomic E-state index is 0. The fourth-order valence-corrected chi connectivity index (χ4v) is 8.63. The molecule has 5 heteroatoms. The smallest absolute Gasteiger partial charge is 1.00 e. The molecular weight excluding hydrogens is 483 g/mol. The average molecular weight is 514 g/mol. The topological polar surface area (TPSA) is 0 Å². The molecule has 1 aliphatic rings. The second-order valence-corrected chi connectivity index (χ2v) is 12.2. The average Bonchev–Trinajstić information content (AvgIpc) is 3.08. The summed E-state index contributed by atoms with van der Waals surface area (Å²) in [6.07, 6.45) is 10.8. The Hall–Kier alpha value is -0.279. The fraction of sp³-hybridized carbons (Fsp3) is 0.360. The van der Waals surface area contributed by atoms with E-state index in [1.807, 2.05) is 0 Å². The van der Waals surface area contributed by atoms with Crippen LogP contribution in [-0.4, -0.2) is 8.07 Å². The fourth-order valence-electron chi connectivity index (χ4n) is 4.25. The number of rotatable bonds is 7. The van der Waals surface area contributed by atoms with Crippen molar-refractivity contribution >= 4 is 13.3 Å². The zero-order valence-corrected chi connectivity index (χ0v) is 23.2. The third-order valence-electron chi connectivity index (χ3n) is 5.63. The Labute approximate surface area is 218 Å². The predicted molar refractivity (Wildman–Crippen MR) is 116 cm³/mol. The summed E-state index contributed by atoms with van der Waals surface area (Å²) >= 11 is 0. The summed E-state index contributed by atoms with van der Waals surface area (Å²) in [5.74, 6) is 0. The van der Waals surface area contributed by atoms with Crippen LogP contribution >= 0.6 is 0 Å². The molecule has 160 valence electrons. The minimum atomic E-state index is -1.76. The molecular formula is C25H31Cl3SiTi. The van der Waals surface area contributed by atoms with Gasteiger partial charge in [-0.1, -0.05) is 109 Å². The van der Waals surface area contributed by atoms with Crippen molar-refractivity contribution in [2.75, 3.05) is 0 Å². The summed E-state index contributed by atoms with van der Waals surface area (Å²) in [5, 5.41) is 3.16. The molecule has 3 rings (SSSR count). The van der Waals surface area contributed by atoms with Crippen LogP contribution in [0.3, 0.4) is 0 Å².